The van der Waals surface area contributed by atoms with Gasteiger partial charge in [-0.05, 0) is 49.7 Å². The normalized spacial score (nSPS) is 11.3. The smallest absolute Gasteiger partial charge is 0.191 e. The molecule has 1 aromatic carbocycles. The van der Waals surface area contributed by atoms with Crippen molar-refractivity contribution in [3.8, 4) is 0 Å². The van der Waals surface area contributed by atoms with Crippen LogP contribution in [-0.2, 0) is 6.42 Å². The summed E-state index contributed by atoms with van der Waals surface area (Å²) in [5, 5.41) is 15.9. The molecule has 0 saturated carbocycles. The summed E-state index contributed by atoms with van der Waals surface area (Å²) in [5.74, 6) is 2.78. The molecule has 0 fully saturated rings. The Morgan fingerprint density at radius 2 is 1.97 bits per heavy atom. The number of benzene rings is 1. The van der Waals surface area contributed by atoms with E-state index in [-0.39, 0.29) is 24.0 Å². The molecule has 0 aliphatic rings. The van der Waals surface area contributed by atoms with E-state index in [2.05, 4.69) is 32.7 Å². The molecule has 2 aromatic heterocycles. The van der Waals surface area contributed by atoms with Crippen molar-refractivity contribution in [2.24, 2.45) is 4.99 Å². The lowest BCUT2D eigenvalue weighted by molar-refractivity contribution is 0.757. The third kappa shape index (κ3) is 7.67. The van der Waals surface area contributed by atoms with Gasteiger partial charge in [-0.3, -0.25) is 9.39 Å². The van der Waals surface area contributed by atoms with Crippen molar-refractivity contribution < 1.29 is 0 Å². The summed E-state index contributed by atoms with van der Waals surface area (Å²) >= 11 is 7.71. The van der Waals surface area contributed by atoms with Crippen LogP contribution in [0.5, 0.6) is 0 Å². The van der Waals surface area contributed by atoms with E-state index >= 15 is 0 Å². The molecular weight excluding hydrogens is 519 g/mol. The zero-order valence-corrected chi connectivity index (χ0v) is 20.2. The average Bonchev–Trinajstić information content (AvgIpc) is 3.13. The van der Waals surface area contributed by atoms with Crippen molar-refractivity contribution in [3.05, 3.63) is 59.5 Å². The number of halogens is 2. The molecule has 0 aliphatic heterocycles. The molecule has 0 unspecified atom stereocenters. The molecule has 0 amide bonds. The lowest BCUT2D eigenvalue weighted by Crippen LogP contribution is -2.38. The van der Waals surface area contributed by atoms with E-state index < -0.39 is 0 Å². The number of nitrogens with one attached hydrogen (secondary N) is 2. The molecule has 2 N–H and O–H groups in total. The second-order valence-corrected chi connectivity index (χ2v) is 7.74. The van der Waals surface area contributed by atoms with E-state index in [4.69, 9.17) is 11.6 Å². The van der Waals surface area contributed by atoms with Gasteiger partial charge in [-0.1, -0.05) is 17.7 Å². The van der Waals surface area contributed by atoms with Crippen molar-refractivity contribution in [3.63, 3.8) is 0 Å². The van der Waals surface area contributed by atoms with Gasteiger partial charge in [0.05, 0.1) is 0 Å². The van der Waals surface area contributed by atoms with Gasteiger partial charge in [0, 0.05) is 47.9 Å². The van der Waals surface area contributed by atoms with Crippen LogP contribution >= 0.6 is 47.3 Å². The standard InChI is InChI=1S/C20H25ClN6S.HI/c1-2-22-20(24-13-15-28-17-10-8-16(21)9-11-17)23-12-5-7-19-26-25-18-6-3-4-14-27(18)19;/h3-4,6,8-11,14H,2,5,7,12-13,15H2,1H3,(H2,22,23,24);1H. The zero-order chi connectivity index (χ0) is 19.6. The maximum absolute atomic E-state index is 5.92. The van der Waals surface area contributed by atoms with E-state index in [0.717, 1.165) is 60.7 Å². The van der Waals surface area contributed by atoms with Crippen LogP contribution in [0.1, 0.15) is 19.2 Å². The fourth-order valence-electron chi connectivity index (χ4n) is 2.70. The highest BCUT2D eigenvalue weighted by atomic mass is 127. The van der Waals surface area contributed by atoms with Crippen LogP contribution in [0.25, 0.3) is 5.65 Å². The molecule has 156 valence electrons. The summed E-state index contributed by atoms with van der Waals surface area (Å²) in [7, 11) is 0. The fourth-order valence-corrected chi connectivity index (χ4v) is 3.59. The Kier molecular flexibility index (Phi) is 10.6. The Labute approximate surface area is 197 Å². The van der Waals surface area contributed by atoms with Gasteiger partial charge >= 0.3 is 0 Å². The van der Waals surface area contributed by atoms with Crippen molar-refractivity contribution in [1.82, 2.24) is 25.2 Å². The number of rotatable bonds is 9. The second kappa shape index (κ2) is 12.9. The van der Waals surface area contributed by atoms with Crippen LogP contribution in [0.3, 0.4) is 0 Å². The molecule has 29 heavy (non-hydrogen) atoms. The number of guanidine groups is 1. The molecule has 6 nitrogen and oxygen atoms in total. The number of thioether (sulfide) groups is 1. The number of aryl methyl sites for hydroxylation is 1. The first-order valence-corrected chi connectivity index (χ1v) is 10.8. The number of fused-ring (bicyclic) bond motifs is 1. The third-order valence-electron chi connectivity index (χ3n) is 4.03. The van der Waals surface area contributed by atoms with E-state index in [1.165, 1.54) is 4.90 Å². The van der Waals surface area contributed by atoms with Crippen LogP contribution in [0, 0.1) is 0 Å². The predicted molar refractivity (Wildman–Crippen MR) is 133 cm³/mol. The summed E-state index contributed by atoms with van der Waals surface area (Å²) in [4.78, 5) is 5.88. The lowest BCUT2D eigenvalue weighted by atomic mass is 10.3. The van der Waals surface area contributed by atoms with Gasteiger partial charge in [0.15, 0.2) is 11.6 Å². The molecule has 3 rings (SSSR count). The lowest BCUT2D eigenvalue weighted by Gasteiger charge is -2.11. The maximum Gasteiger partial charge on any atom is 0.191 e. The van der Waals surface area contributed by atoms with E-state index in [1.807, 2.05) is 53.1 Å². The van der Waals surface area contributed by atoms with Gasteiger partial charge in [-0.25, -0.2) is 0 Å². The van der Waals surface area contributed by atoms with Crippen molar-refractivity contribution >= 4 is 58.9 Å². The van der Waals surface area contributed by atoms with E-state index in [9.17, 15) is 0 Å². The molecule has 0 atom stereocenters. The average molecular weight is 545 g/mol. The number of hydrogen-bond donors (Lipinski definition) is 2. The maximum atomic E-state index is 5.92. The highest BCUT2D eigenvalue weighted by Gasteiger charge is 2.04. The van der Waals surface area contributed by atoms with E-state index in [1.54, 1.807) is 11.8 Å². The van der Waals surface area contributed by atoms with Crippen molar-refractivity contribution in [2.45, 2.75) is 24.7 Å². The number of nitrogens with zero attached hydrogens (tertiary/aromatic N) is 4. The summed E-state index contributed by atoms with van der Waals surface area (Å²) < 4.78 is 2.03. The molecule has 0 aliphatic carbocycles. The molecule has 0 spiro atoms. The first-order chi connectivity index (χ1) is 13.8. The minimum atomic E-state index is 0. The molecule has 9 heteroatoms. The largest absolute Gasteiger partial charge is 0.357 e. The molecule has 0 radical (unpaired) electrons. The monoisotopic (exact) mass is 544 g/mol. The quantitative estimate of drug-likeness (QED) is 0.138. The Hall–Kier alpha value is -1.52. The summed E-state index contributed by atoms with van der Waals surface area (Å²) in [6.07, 6.45) is 3.77. The van der Waals surface area contributed by atoms with Crippen LogP contribution in [0.2, 0.25) is 5.02 Å². The van der Waals surface area contributed by atoms with Gasteiger partial charge in [-0.15, -0.1) is 45.9 Å². The number of aromatic nitrogens is 3. The summed E-state index contributed by atoms with van der Waals surface area (Å²) in [6, 6.07) is 13.8. The Balaban J connectivity index is 0.00000300. The van der Waals surface area contributed by atoms with E-state index in [0.29, 0.717) is 0 Å². The SMILES string of the molecule is CCNC(=NCCCc1nnc2ccccn12)NCCSc1ccc(Cl)cc1.I. The molecule has 3 aromatic rings. The molecule has 0 saturated heterocycles. The van der Waals surface area contributed by atoms with Crippen molar-refractivity contribution in [2.75, 3.05) is 25.4 Å². The van der Waals surface area contributed by atoms with Crippen LogP contribution < -0.4 is 10.6 Å². The molecular formula is C20H26ClIN6S. The third-order valence-corrected chi connectivity index (χ3v) is 5.30. The Morgan fingerprint density at radius 1 is 1.14 bits per heavy atom. The molecule has 0 bridgehead atoms. The van der Waals surface area contributed by atoms with Crippen molar-refractivity contribution in [1.29, 1.82) is 0 Å². The van der Waals surface area contributed by atoms with Gasteiger partial charge in [0.1, 0.15) is 5.82 Å². The minimum absolute atomic E-state index is 0. The highest BCUT2D eigenvalue weighted by molar-refractivity contribution is 14.0. The number of hydrogen-bond acceptors (Lipinski definition) is 4. The number of aliphatic imine (C=N–C) groups is 1. The Morgan fingerprint density at radius 3 is 2.76 bits per heavy atom. The minimum Gasteiger partial charge on any atom is -0.357 e. The van der Waals surface area contributed by atoms with Gasteiger partial charge in [0.25, 0.3) is 0 Å². The van der Waals surface area contributed by atoms with Crippen LogP contribution in [0.4, 0.5) is 0 Å². The van der Waals surface area contributed by atoms with Crippen LogP contribution in [-0.4, -0.2) is 45.9 Å². The Bertz CT molecular complexity index is 899. The first-order valence-electron chi connectivity index (χ1n) is 9.45. The summed E-state index contributed by atoms with van der Waals surface area (Å²) in [5.41, 5.74) is 0.884. The first kappa shape index (κ1) is 23.8. The zero-order valence-electron chi connectivity index (χ0n) is 16.3. The summed E-state index contributed by atoms with van der Waals surface area (Å²) in [6.45, 7) is 4.49. The highest BCUT2D eigenvalue weighted by Crippen LogP contribution is 2.19. The van der Waals surface area contributed by atoms with Gasteiger partial charge in [-0.2, -0.15) is 0 Å². The van der Waals surface area contributed by atoms with Gasteiger partial charge < -0.3 is 10.6 Å². The number of pyridine rings is 1. The topological polar surface area (TPSA) is 66.6 Å². The van der Waals surface area contributed by atoms with Gasteiger partial charge in [0.2, 0.25) is 0 Å². The molecule has 2 heterocycles. The van der Waals surface area contributed by atoms with Crippen LogP contribution in [0.15, 0.2) is 58.5 Å². The second-order valence-electron chi connectivity index (χ2n) is 6.14. The fraction of sp³-hybridized carbons (Fsp3) is 0.350. The predicted octanol–water partition coefficient (Wildman–Crippen LogP) is 4.28.